The van der Waals surface area contributed by atoms with E-state index in [1.807, 2.05) is 32.0 Å². The summed E-state index contributed by atoms with van der Waals surface area (Å²) in [5.74, 6) is 1.69. The summed E-state index contributed by atoms with van der Waals surface area (Å²) in [4.78, 5) is 8.97. The second kappa shape index (κ2) is 7.58. The van der Waals surface area contributed by atoms with Crippen molar-refractivity contribution in [1.82, 2.24) is 9.97 Å². The van der Waals surface area contributed by atoms with Gasteiger partial charge in [0.05, 0.1) is 18.5 Å². The molecule has 134 valence electrons. The molecule has 1 aromatic carbocycles. The van der Waals surface area contributed by atoms with Gasteiger partial charge in [0.25, 0.3) is 0 Å². The van der Waals surface area contributed by atoms with Crippen LogP contribution in [0.3, 0.4) is 0 Å². The van der Waals surface area contributed by atoms with E-state index in [0.717, 1.165) is 61.1 Å². The number of halogens is 1. The third-order valence-electron chi connectivity index (χ3n) is 4.85. The summed E-state index contributed by atoms with van der Waals surface area (Å²) in [6, 6.07) is 5.81. The maximum Gasteiger partial charge on any atom is 0.147 e. The van der Waals surface area contributed by atoms with Crippen LogP contribution < -0.4 is 10.1 Å². The smallest absolute Gasteiger partial charge is 0.147 e. The number of hydrogen-bond acceptors (Lipinski definition) is 5. The molecule has 0 atom stereocenters. The molecule has 1 saturated heterocycles. The van der Waals surface area contributed by atoms with Crippen LogP contribution in [0.2, 0.25) is 5.02 Å². The second-order valence-electron chi connectivity index (χ2n) is 6.54. The molecular formula is C19H24ClN3O2. The van der Waals surface area contributed by atoms with Gasteiger partial charge in [-0.05, 0) is 44.9 Å². The van der Waals surface area contributed by atoms with Crippen LogP contribution in [0, 0.1) is 13.8 Å². The molecule has 1 aromatic heterocycles. The minimum absolute atomic E-state index is 0.119. The van der Waals surface area contributed by atoms with Crippen LogP contribution in [0.1, 0.15) is 29.8 Å². The van der Waals surface area contributed by atoms with Gasteiger partial charge >= 0.3 is 0 Å². The number of hydrogen-bond donors (Lipinski definition) is 1. The van der Waals surface area contributed by atoms with Gasteiger partial charge in [0, 0.05) is 42.0 Å². The van der Waals surface area contributed by atoms with Gasteiger partial charge in [-0.25, -0.2) is 4.98 Å². The topological polar surface area (TPSA) is 56.3 Å². The monoisotopic (exact) mass is 361 g/mol. The Morgan fingerprint density at radius 1 is 1.28 bits per heavy atom. The third-order valence-corrected chi connectivity index (χ3v) is 5.09. The number of nitrogens with one attached hydrogen (secondary N) is 1. The summed E-state index contributed by atoms with van der Waals surface area (Å²) < 4.78 is 11.2. The van der Waals surface area contributed by atoms with Gasteiger partial charge in [0.1, 0.15) is 11.6 Å². The number of methoxy groups -OCH3 is 1. The fourth-order valence-corrected chi connectivity index (χ4v) is 3.53. The third kappa shape index (κ3) is 3.88. The largest absolute Gasteiger partial charge is 0.496 e. The number of aryl methyl sites for hydroxylation is 2. The van der Waals surface area contributed by atoms with E-state index >= 15 is 0 Å². The van der Waals surface area contributed by atoms with Crippen LogP contribution in [-0.4, -0.2) is 36.8 Å². The molecule has 1 N–H and O–H groups in total. The van der Waals surface area contributed by atoms with Gasteiger partial charge < -0.3 is 14.8 Å². The van der Waals surface area contributed by atoms with Gasteiger partial charge in [-0.15, -0.1) is 0 Å². The van der Waals surface area contributed by atoms with E-state index in [-0.39, 0.29) is 5.41 Å². The Hall–Kier alpha value is -1.85. The standard InChI is InChI=1S/C19H24ClN3O2/c1-13-11-21-14(2)18(23-13)22-12-19(6-8-25-9-7-19)16-10-15(20)4-5-17(16)24-3/h4-5,10-11H,6-9,12H2,1-3H3,(H,22,23). The molecule has 5 nitrogen and oxygen atoms in total. The summed E-state index contributed by atoms with van der Waals surface area (Å²) in [6.07, 6.45) is 3.58. The summed E-state index contributed by atoms with van der Waals surface area (Å²) >= 11 is 6.29. The predicted molar refractivity (Wildman–Crippen MR) is 99.7 cm³/mol. The molecule has 0 bridgehead atoms. The lowest BCUT2D eigenvalue weighted by atomic mass is 9.73. The van der Waals surface area contributed by atoms with E-state index in [1.165, 1.54) is 0 Å². The highest BCUT2D eigenvalue weighted by molar-refractivity contribution is 6.30. The highest BCUT2D eigenvalue weighted by atomic mass is 35.5. The normalized spacial score (nSPS) is 16.5. The molecule has 0 unspecified atom stereocenters. The zero-order chi connectivity index (χ0) is 17.9. The van der Waals surface area contributed by atoms with Crippen LogP contribution in [0.5, 0.6) is 5.75 Å². The van der Waals surface area contributed by atoms with Crippen LogP contribution in [0.4, 0.5) is 5.82 Å². The highest BCUT2D eigenvalue weighted by Crippen LogP contribution is 2.41. The van der Waals surface area contributed by atoms with E-state index < -0.39 is 0 Å². The lowest BCUT2D eigenvalue weighted by Gasteiger charge is -2.39. The van der Waals surface area contributed by atoms with Gasteiger partial charge in [0.2, 0.25) is 0 Å². The van der Waals surface area contributed by atoms with Crippen LogP contribution >= 0.6 is 11.6 Å². The zero-order valence-corrected chi connectivity index (χ0v) is 15.7. The summed E-state index contributed by atoms with van der Waals surface area (Å²) in [6.45, 7) is 6.07. The molecule has 25 heavy (non-hydrogen) atoms. The molecule has 3 rings (SSSR count). The van der Waals surface area contributed by atoms with Crippen molar-refractivity contribution < 1.29 is 9.47 Å². The van der Waals surface area contributed by atoms with Gasteiger partial charge in [0.15, 0.2) is 0 Å². The number of ether oxygens (including phenoxy) is 2. The molecular weight excluding hydrogens is 338 g/mol. The van der Waals surface area contributed by atoms with Crippen molar-refractivity contribution in [2.75, 3.05) is 32.2 Å². The molecule has 0 aliphatic carbocycles. The molecule has 1 aliphatic rings. The number of aromatic nitrogens is 2. The van der Waals surface area contributed by atoms with Crippen molar-refractivity contribution in [1.29, 1.82) is 0 Å². The lowest BCUT2D eigenvalue weighted by molar-refractivity contribution is 0.0535. The SMILES string of the molecule is COc1ccc(Cl)cc1C1(CNc2nc(C)cnc2C)CCOCC1. The molecule has 0 radical (unpaired) electrons. The fraction of sp³-hybridized carbons (Fsp3) is 0.474. The average molecular weight is 362 g/mol. The molecule has 2 aromatic rings. The lowest BCUT2D eigenvalue weighted by Crippen LogP contribution is -2.40. The van der Waals surface area contributed by atoms with E-state index in [0.29, 0.717) is 5.02 Å². The Kier molecular flexibility index (Phi) is 5.45. The quantitative estimate of drug-likeness (QED) is 0.874. The summed E-state index contributed by atoms with van der Waals surface area (Å²) in [5.41, 5.74) is 2.80. The van der Waals surface area contributed by atoms with E-state index in [2.05, 4.69) is 15.3 Å². The Morgan fingerprint density at radius 2 is 2.04 bits per heavy atom. The Balaban J connectivity index is 1.94. The fourth-order valence-electron chi connectivity index (χ4n) is 3.36. The van der Waals surface area contributed by atoms with Gasteiger partial charge in [-0.2, -0.15) is 0 Å². The minimum atomic E-state index is -0.119. The van der Waals surface area contributed by atoms with Crippen LogP contribution in [0.25, 0.3) is 0 Å². The second-order valence-corrected chi connectivity index (χ2v) is 6.97. The maximum atomic E-state index is 6.29. The van der Waals surface area contributed by atoms with Crippen molar-refractivity contribution in [3.63, 3.8) is 0 Å². The van der Waals surface area contributed by atoms with Crippen molar-refractivity contribution in [2.45, 2.75) is 32.1 Å². The molecule has 6 heteroatoms. The minimum Gasteiger partial charge on any atom is -0.496 e. The molecule has 0 saturated carbocycles. The number of anilines is 1. The molecule has 1 fully saturated rings. The first-order valence-electron chi connectivity index (χ1n) is 8.50. The Morgan fingerprint density at radius 3 is 2.76 bits per heavy atom. The van der Waals surface area contributed by atoms with E-state index in [9.17, 15) is 0 Å². The summed E-state index contributed by atoms with van der Waals surface area (Å²) in [5, 5.41) is 4.22. The number of benzene rings is 1. The van der Waals surface area contributed by atoms with Crippen LogP contribution in [-0.2, 0) is 10.2 Å². The first kappa shape index (κ1) is 18.0. The van der Waals surface area contributed by atoms with Crippen molar-refractivity contribution >= 4 is 17.4 Å². The van der Waals surface area contributed by atoms with Crippen LogP contribution in [0.15, 0.2) is 24.4 Å². The zero-order valence-electron chi connectivity index (χ0n) is 14.9. The number of nitrogens with zero attached hydrogens (tertiary/aromatic N) is 2. The Bertz CT molecular complexity index is 745. The van der Waals surface area contributed by atoms with Crippen molar-refractivity contribution in [3.8, 4) is 5.75 Å². The molecule has 2 heterocycles. The van der Waals surface area contributed by atoms with E-state index in [4.69, 9.17) is 21.1 Å². The average Bonchev–Trinajstić information content (AvgIpc) is 2.63. The molecule has 0 spiro atoms. The number of rotatable bonds is 5. The Labute approximate surface area is 153 Å². The van der Waals surface area contributed by atoms with Gasteiger partial charge in [-0.3, -0.25) is 4.98 Å². The maximum absolute atomic E-state index is 6.29. The molecule has 1 aliphatic heterocycles. The highest BCUT2D eigenvalue weighted by Gasteiger charge is 2.37. The first-order chi connectivity index (χ1) is 12.0. The van der Waals surface area contributed by atoms with Crippen molar-refractivity contribution in [3.05, 3.63) is 46.4 Å². The predicted octanol–water partition coefficient (Wildman–Crippen LogP) is 3.92. The van der Waals surface area contributed by atoms with Crippen molar-refractivity contribution in [2.24, 2.45) is 0 Å². The summed E-state index contributed by atoms with van der Waals surface area (Å²) in [7, 11) is 1.70. The first-order valence-corrected chi connectivity index (χ1v) is 8.88. The van der Waals surface area contributed by atoms with E-state index in [1.54, 1.807) is 13.3 Å². The van der Waals surface area contributed by atoms with Gasteiger partial charge in [-0.1, -0.05) is 11.6 Å². The molecule has 0 amide bonds.